The molecular weight excluding hydrogens is 667 g/mol. The molecule has 0 atom stereocenters. The lowest BCUT2D eigenvalue weighted by Crippen LogP contribution is -2.25. The molecule has 3 nitrogen and oxygen atoms in total. The third kappa shape index (κ3) is 4.87. The molecule has 0 aliphatic heterocycles. The standard InChI is InChI=1S/C52H33N3/c1-2-14-34(15-3-1)51-54-49(33-50(55-51)39-19-13-17-37(31-39)48-26-10-11-29-53-48)38-18-12-16-35(30-38)36-27-28-43-42-22-6-9-25-46(42)52(47(43)32-36)44-23-7-4-20-40(44)41-21-5-8-24-45(41)52/h1-33H. The van der Waals surface area contributed by atoms with Gasteiger partial charge >= 0.3 is 0 Å². The van der Waals surface area contributed by atoms with E-state index in [1.165, 1.54) is 50.1 Å². The second-order valence-electron chi connectivity index (χ2n) is 14.4. The molecule has 0 saturated heterocycles. The minimum Gasteiger partial charge on any atom is -0.256 e. The van der Waals surface area contributed by atoms with Crippen molar-refractivity contribution in [2.75, 3.05) is 0 Å². The van der Waals surface area contributed by atoms with E-state index in [0.29, 0.717) is 5.82 Å². The van der Waals surface area contributed by atoms with Crippen molar-refractivity contribution in [3.63, 3.8) is 0 Å². The second-order valence-corrected chi connectivity index (χ2v) is 14.4. The van der Waals surface area contributed by atoms with E-state index >= 15 is 0 Å². The number of hydrogen-bond acceptors (Lipinski definition) is 3. The Morgan fingerprint density at radius 3 is 1.36 bits per heavy atom. The average molecular weight is 700 g/mol. The van der Waals surface area contributed by atoms with E-state index in [1.54, 1.807) is 0 Å². The Morgan fingerprint density at radius 2 is 0.764 bits per heavy atom. The van der Waals surface area contributed by atoms with Gasteiger partial charge in [-0.25, -0.2) is 9.97 Å². The van der Waals surface area contributed by atoms with Gasteiger partial charge in [0.2, 0.25) is 0 Å². The van der Waals surface area contributed by atoms with Crippen LogP contribution < -0.4 is 0 Å². The minimum absolute atomic E-state index is 0.386. The Kier molecular flexibility index (Phi) is 7.08. The summed E-state index contributed by atoms with van der Waals surface area (Å²) >= 11 is 0. The normalized spacial score (nSPS) is 12.9. The van der Waals surface area contributed by atoms with Crippen molar-refractivity contribution in [1.29, 1.82) is 0 Å². The molecule has 55 heavy (non-hydrogen) atoms. The van der Waals surface area contributed by atoms with Gasteiger partial charge in [-0.1, -0.05) is 158 Å². The topological polar surface area (TPSA) is 38.7 Å². The summed E-state index contributed by atoms with van der Waals surface area (Å²) in [6.07, 6.45) is 1.83. The highest BCUT2D eigenvalue weighted by molar-refractivity contribution is 5.96. The molecule has 0 N–H and O–H groups in total. The van der Waals surface area contributed by atoms with Crippen LogP contribution in [-0.4, -0.2) is 15.0 Å². The van der Waals surface area contributed by atoms with E-state index in [4.69, 9.17) is 9.97 Å². The Hall–Kier alpha value is -7.23. The van der Waals surface area contributed by atoms with Crippen molar-refractivity contribution in [2.24, 2.45) is 0 Å². The Morgan fingerprint density at radius 1 is 0.291 bits per heavy atom. The maximum atomic E-state index is 5.18. The molecule has 256 valence electrons. The summed E-state index contributed by atoms with van der Waals surface area (Å²) in [6.45, 7) is 0. The first-order valence-electron chi connectivity index (χ1n) is 18.8. The van der Waals surface area contributed by atoms with Crippen LogP contribution in [0.4, 0.5) is 0 Å². The summed E-state index contributed by atoms with van der Waals surface area (Å²) in [5.41, 5.74) is 19.3. The van der Waals surface area contributed by atoms with Gasteiger partial charge in [-0.3, -0.25) is 4.98 Å². The number of benzene rings is 7. The lowest BCUT2D eigenvalue weighted by atomic mass is 9.70. The molecule has 0 bridgehead atoms. The van der Waals surface area contributed by atoms with Crippen LogP contribution in [0.1, 0.15) is 22.3 Å². The number of aromatic nitrogens is 3. The van der Waals surface area contributed by atoms with Crippen LogP contribution in [0.2, 0.25) is 0 Å². The fourth-order valence-corrected chi connectivity index (χ4v) is 8.96. The lowest BCUT2D eigenvalue weighted by molar-refractivity contribution is 0.794. The highest BCUT2D eigenvalue weighted by atomic mass is 14.9. The molecule has 0 fully saturated rings. The maximum Gasteiger partial charge on any atom is 0.160 e. The predicted octanol–water partition coefficient (Wildman–Crippen LogP) is 12.6. The minimum atomic E-state index is -0.386. The average Bonchev–Trinajstić information content (AvgIpc) is 3.74. The molecule has 9 aromatic rings. The first-order chi connectivity index (χ1) is 27.3. The van der Waals surface area contributed by atoms with Crippen LogP contribution in [0.5, 0.6) is 0 Å². The van der Waals surface area contributed by atoms with Crippen LogP contribution in [0.15, 0.2) is 200 Å². The molecule has 0 radical (unpaired) electrons. The highest BCUT2D eigenvalue weighted by Gasteiger charge is 2.51. The molecule has 3 heteroatoms. The largest absolute Gasteiger partial charge is 0.256 e. The fraction of sp³-hybridized carbons (Fsp3) is 0.0192. The Labute approximate surface area is 320 Å². The highest BCUT2D eigenvalue weighted by Crippen LogP contribution is 2.63. The second kappa shape index (κ2) is 12.4. The van der Waals surface area contributed by atoms with Gasteiger partial charge in [-0.15, -0.1) is 0 Å². The Balaban J connectivity index is 1.06. The molecule has 0 amide bonds. The van der Waals surface area contributed by atoms with Gasteiger partial charge in [-0.2, -0.15) is 0 Å². The summed E-state index contributed by atoms with van der Waals surface area (Å²) in [5, 5.41) is 0. The van der Waals surface area contributed by atoms with E-state index in [9.17, 15) is 0 Å². The molecule has 2 aromatic heterocycles. The monoisotopic (exact) mass is 699 g/mol. The summed E-state index contributed by atoms with van der Waals surface area (Å²) < 4.78 is 0. The number of hydrogen-bond donors (Lipinski definition) is 0. The lowest BCUT2D eigenvalue weighted by Gasteiger charge is -2.30. The van der Waals surface area contributed by atoms with Crippen molar-refractivity contribution < 1.29 is 0 Å². The molecule has 7 aromatic carbocycles. The number of fused-ring (bicyclic) bond motifs is 10. The van der Waals surface area contributed by atoms with Crippen LogP contribution in [0, 0.1) is 0 Å². The predicted molar refractivity (Wildman–Crippen MR) is 223 cm³/mol. The molecule has 2 aliphatic rings. The van der Waals surface area contributed by atoms with Crippen molar-refractivity contribution in [3.05, 3.63) is 223 Å². The van der Waals surface area contributed by atoms with Crippen LogP contribution in [-0.2, 0) is 5.41 Å². The number of rotatable bonds is 5. The summed E-state index contributed by atoms with van der Waals surface area (Å²) in [4.78, 5) is 14.9. The van der Waals surface area contributed by atoms with Crippen LogP contribution in [0.3, 0.4) is 0 Å². The van der Waals surface area contributed by atoms with Gasteiger partial charge in [-0.05, 0) is 92.0 Å². The Bertz CT molecular complexity index is 2870. The van der Waals surface area contributed by atoms with Gasteiger partial charge in [0, 0.05) is 28.5 Å². The maximum absolute atomic E-state index is 5.18. The van der Waals surface area contributed by atoms with Crippen LogP contribution >= 0.6 is 0 Å². The number of nitrogens with zero attached hydrogens (tertiary/aromatic N) is 3. The zero-order valence-electron chi connectivity index (χ0n) is 29.9. The van der Waals surface area contributed by atoms with E-state index in [2.05, 4.69) is 163 Å². The molecule has 1 spiro atoms. The van der Waals surface area contributed by atoms with Gasteiger partial charge in [0.05, 0.1) is 22.5 Å². The molecule has 0 unspecified atom stereocenters. The molecule has 2 heterocycles. The smallest absolute Gasteiger partial charge is 0.160 e. The van der Waals surface area contributed by atoms with E-state index in [-0.39, 0.29) is 5.41 Å². The third-order valence-corrected chi connectivity index (χ3v) is 11.4. The van der Waals surface area contributed by atoms with Crippen molar-refractivity contribution in [2.45, 2.75) is 5.41 Å². The quantitative estimate of drug-likeness (QED) is 0.179. The van der Waals surface area contributed by atoms with Crippen molar-refractivity contribution in [3.8, 4) is 78.5 Å². The van der Waals surface area contributed by atoms with E-state index in [0.717, 1.165) is 44.9 Å². The van der Waals surface area contributed by atoms with E-state index < -0.39 is 0 Å². The first kappa shape index (κ1) is 31.3. The molecule has 2 aliphatic carbocycles. The van der Waals surface area contributed by atoms with Gasteiger partial charge < -0.3 is 0 Å². The summed E-state index contributed by atoms with van der Waals surface area (Å²) in [5.74, 6) is 0.692. The summed E-state index contributed by atoms with van der Waals surface area (Å²) in [6, 6.07) is 69.6. The van der Waals surface area contributed by atoms with Crippen molar-refractivity contribution >= 4 is 0 Å². The van der Waals surface area contributed by atoms with Gasteiger partial charge in [0.1, 0.15) is 0 Å². The summed E-state index contributed by atoms with van der Waals surface area (Å²) in [7, 11) is 0. The first-order valence-corrected chi connectivity index (χ1v) is 18.8. The van der Waals surface area contributed by atoms with Gasteiger partial charge in [0.25, 0.3) is 0 Å². The van der Waals surface area contributed by atoms with Gasteiger partial charge in [0.15, 0.2) is 5.82 Å². The van der Waals surface area contributed by atoms with Crippen molar-refractivity contribution in [1.82, 2.24) is 15.0 Å². The third-order valence-electron chi connectivity index (χ3n) is 11.4. The van der Waals surface area contributed by atoms with E-state index in [1.807, 2.05) is 42.6 Å². The zero-order valence-corrected chi connectivity index (χ0v) is 29.9. The molecule has 0 saturated carbocycles. The molecule has 11 rings (SSSR count). The number of pyridine rings is 1. The van der Waals surface area contributed by atoms with Crippen LogP contribution in [0.25, 0.3) is 78.5 Å². The SMILES string of the molecule is c1ccc(-c2nc(-c3cccc(-c4ccc5c(c4)C4(c6ccccc6-c6ccccc64)c4ccccc4-5)c3)cc(-c3cccc(-c4ccccn4)c3)n2)cc1. The zero-order chi connectivity index (χ0) is 36.3. The fourth-order valence-electron chi connectivity index (χ4n) is 8.96. The molecular formula is C52H33N3.